The number of amides is 1. The van der Waals surface area contributed by atoms with Crippen molar-refractivity contribution in [3.63, 3.8) is 0 Å². The van der Waals surface area contributed by atoms with Gasteiger partial charge in [-0.1, -0.05) is 53.4 Å². The van der Waals surface area contributed by atoms with Gasteiger partial charge in [0.2, 0.25) is 11.0 Å². The summed E-state index contributed by atoms with van der Waals surface area (Å²) in [6, 6.07) is 12.3. The van der Waals surface area contributed by atoms with E-state index in [1.807, 2.05) is 25.1 Å². The van der Waals surface area contributed by atoms with Crippen molar-refractivity contribution in [2.24, 2.45) is 0 Å². The average Bonchev–Trinajstić information content (AvgIpc) is 3.32. The first-order valence-electron chi connectivity index (χ1n) is 8.69. The van der Waals surface area contributed by atoms with Gasteiger partial charge < -0.3 is 10.6 Å². The van der Waals surface area contributed by atoms with E-state index in [-0.39, 0.29) is 11.9 Å². The summed E-state index contributed by atoms with van der Waals surface area (Å²) in [5.74, 6) is 0.332. The van der Waals surface area contributed by atoms with E-state index in [9.17, 15) is 4.79 Å². The third-order valence-electron chi connectivity index (χ3n) is 3.99. The van der Waals surface area contributed by atoms with Gasteiger partial charge >= 0.3 is 0 Å². The van der Waals surface area contributed by atoms with Crippen LogP contribution in [0, 0.1) is 6.92 Å². The summed E-state index contributed by atoms with van der Waals surface area (Å²) < 4.78 is 0.798. The lowest BCUT2D eigenvalue weighted by Gasteiger charge is -2.16. The summed E-state index contributed by atoms with van der Waals surface area (Å²) in [6.07, 6.45) is 0.971. The van der Waals surface area contributed by atoms with Gasteiger partial charge in [0.05, 0.1) is 11.8 Å². The van der Waals surface area contributed by atoms with Crippen molar-refractivity contribution in [1.29, 1.82) is 0 Å². The Morgan fingerprint density at radius 1 is 1.22 bits per heavy atom. The number of aryl methyl sites for hydroxylation is 1. The van der Waals surface area contributed by atoms with Crippen molar-refractivity contribution in [2.75, 3.05) is 17.6 Å². The van der Waals surface area contributed by atoms with Crippen molar-refractivity contribution in [1.82, 2.24) is 15.5 Å². The minimum Gasteiger partial charge on any atom is -0.360 e. The van der Waals surface area contributed by atoms with Crippen LogP contribution in [0.3, 0.4) is 0 Å². The minimum absolute atomic E-state index is 0.00171. The second kappa shape index (κ2) is 9.87. The molecule has 8 heteroatoms. The molecular formula is C19H22N4OS3. The predicted octanol–water partition coefficient (Wildman–Crippen LogP) is 4.53. The number of hydrogen-bond donors (Lipinski definition) is 2. The van der Waals surface area contributed by atoms with E-state index in [0.29, 0.717) is 5.75 Å². The molecule has 0 fully saturated rings. The van der Waals surface area contributed by atoms with Crippen LogP contribution in [0.15, 0.2) is 46.1 Å². The third-order valence-corrected chi connectivity index (χ3v) is 6.94. The summed E-state index contributed by atoms with van der Waals surface area (Å²) >= 11 is 4.66. The number of thioether (sulfide) groups is 1. The smallest absolute Gasteiger partial charge is 0.230 e. The molecule has 2 heterocycles. The van der Waals surface area contributed by atoms with Crippen molar-refractivity contribution in [2.45, 2.75) is 30.6 Å². The SMILES string of the molecule is Cc1ccccc1C(C)NC(=O)CSc1nnc(NCCc2cccs2)s1. The highest BCUT2D eigenvalue weighted by atomic mass is 32.2. The molecule has 0 saturated heterocycles. The van der Waals surface area contributed by atoms with E-state index >= 15 is 0 Å². The van der Waals surface area contributed by atoms with Crippen LogP contribution in [-0.2, 0) is 11.2 Å². The molecule has 0 radical (unpaired) electrons. The third kappa shape index (κ3) is 6.05. The maximum Gasteiger partial charge on any atom is 0.230 e. The lowest BCUT2D eigenvalue weighted by Crippen LogP contribution is -2.28. The zero-order valence-electron chi connectivity index (χ0n) is 15.3. The van der Waals surface area contributed by atoms with Gasteiger partial charge in [-0.25, -0.2) is 0 Å². The summed E-state index contributed by atoms with van der Waals surface area (Å²) in [4.78, 5) is 13.6. The number of nitrogens with one attached hydrogen (secondary N) is 2. The molecule has 1 aromatic carbocycles. The normalized spacial score (nSPS) is 11.9. The largest absolute Gasteiger partial charge is 0.360 e. The number of aromatic nitrogens is 2. The summed E-state index contributed by atoms with van der Waals surface area (Å²) in [6.45, 7) is 4.89. The van der Waals surface area contributed by atoms with Gasteiger partial charge in [0.15, 0.2) is 4.34 Å². The molecule has 2 N–H and O–H groups in total. The van der Waals surface area contributed by atoms with Crippen molar-refractivity contribution in [3.05, 3.63) is 57.8 Å². The maximum absolute atomic E-state index is 12.2. The zero-order chi connectivity index (χ0) is 19.1. The van der Waals surface area contributed by atoms with E-state index in [1.54, 1.807) is 11.3 Å². The number of carbonyl (C=O) groups is 1. The van der Waals surface area contributed by atoms with E-state index in [1.165, 1.54) is 33.5 Å². The molecule has 0 aliphatic heterocycles. The number of nitrogens with zero attached hydrogens (tertiary/aromatic N) is 2. The fraction of sp³-hybridized carbons (Fsp3) is 0.316. The van der Waals surface area contributed by atoms with Crippen LogP contribution in [0.25, 0.3) is 0 Å². The molecule has 3 aromatic rings. The number of rotatable bonds is 9. The Kier molecular flexibility index (Phi) is 7.25. The number of carbonyl (C=O) groups excluding carboxylic acids is 1. The second-order valence-electron chi connectivity index (χ2n) is 6.06. The first-order chi connectivity index (χ1) is 13.1. The van der Waals surface area contributed by atoms with Gasteiger partial charge in [-0.2, -0.15) is 0 Å². The van der Waals surface area contributed by atoms with Gasteiger partial charge in [-0.05, 0) is 42.8 Å². The average molecular weight is 419 g/mol. The molecule has 27 heavy (non-hydrogen) atoms. The molecule has 1 amide bonds. The lowest BCUT2D eigenvalue weighted by atomic mass is 10.0. The Morgan fingerprint density at radius 3 is 2.85 bits per heavy atom. The highest BCUT2D eigenvalue weighted by Gasteiger charge is 2.13. The van der Waals surface area contributed by atoms with E-state index in [2.05, 4.69) is 51.3 Å². The van der Waals surface area contributed by atoms with Crippen molar-refractivity contribution >= 4 is 45.5 Å². The van der Waals surface area contributed by atoms with Crippen LogP contribution >= 0.6 is 34.4 Å². The fourth-order valence-electron chi connectivity index (χ4n) is 2.65. The van der Waals surface area contributed by atoms with Crippen LogP contribution in [0.5, 0.6) is 0 Å². The predicted molar refractivity (Wildman–Crippen MR) is 115 cm³/mol. The molecule has 0 bridgehead atoms. The standard InChI is InChI=1S/C19H22N4OS3/c1-13-6-3-4-8-16(13)14(2)21-17(24)12-26-19-23-22-18(27-19)20-10-9-15-7-5-11-25-15/h3-8,11,14H,9-10,12H2,1-2H3,(H,20,22)(H,21,24). The van der Waals surface area contributed by atoms with Crippen LogP contribution in [0.2, 0.25) is 0 Å². The molecule has 0 spiro atoms. The highest BCUT2D eigenvalue weighted by molar-refractivity contribution is 8.01. The van der Waals surface area contributed by atoms with E-state index < -0.39 is 0 Å². The first kappa shape index (κ1) is 19.9. The molecule has 0 saturated carbocycles. The molecule has 1 atom stereocenters. The fourth-order valence-corrected chi connectivity index (χ4v) is 4.95. The highest BCUT2D eigenvalue weighted by Crippen LogP contribution is 2.25. The van der Waals surface area contributed by atoms with Crippen LogP contribution < -0.4 is 10.6 Å². The molecule has 5 nitrogen and oxygen atoms in total. The molecular weight excluding hydrogens is 396 g/mol. The van der Waals surface area contributed by atoms with Gasteiger partial charge in [0, 0.05) is 11.4 Å². The van der Waals surface area contributed by atoms with Gasteiger partial charge in [-0.15, -0.1) is 21.5 Å². The topological polar surface area (TPSA) is 66.9 Å². The van der Waals surface area contributed by atoms with Gasteiger partial charge in [-0.3, -0.25) is 4.79 Å². The lowest BCUT2D eigenvalue weighted by molar-refractivity contribution is -0.119. The monoisotopic (exact) mass is 418 g/mol. The zero-order valence-corrected chi connectivity index (χ0v) is 17.7. The summed E-state index contributed by atoms with van der Waals surface area (Å²) in [5.41, 5.74) is 2.32. The Bertz CT molecular complexity index is 863. The summed E-state index contributed by atoms with van der Waals surface area (Å²) in [7, 11) is 0. The van der Waals surface area contributed by atoms with Crippen molar-refractivity contribution < 1.29 is 4.79 Å². The Morgan fingerprint density at radius 2 is 2.07 bits per heavy atom. The summed E-state index contributed by atoms with van der Waals surface area (Å²) in [5, 5.41) is 17.5. The van der Waals surface area contributed by atoms with E-state index in [4.69, 9.17) is 0 Å². The maximum atomic E-state index is 12.2. The Labute approximate surface area is 171 Å². The Balaban J connectivity index is 1.41. The molecule has 142 valence electrons. The van der Waals surface area contributed by atoms with Crippen molar-refractivity contribution in [3.8, 4) is 0 Å². The quantitative estimate of drug-likeness (QED) is 0.500. The van der Waals surface area contributed by atoms with Gasteiger partial charge in [0.25, 0.3) is 0 Å². The number of hydrogen-bond acceptors (Lipinski definition) is 7. The number of anilines is 1. The molecule has 3 rings (SSSR count). The molecule has 0 aliphatic rings. The number of benzene rings is 1. The molecule has 1 unspecified atom stereocenters. The van der Waals surface area contributed by atoms with E-state index in [0.717, 1.165) is 28.0 Å². The van der Waals surface area contributed by atoms with Gasteiger partial charge in [0.1, 0.15) is 0 Å². The molecule has 0 aliphatic carbocycles. The van der Waals surface area contributed by atoms with Crippen LogP contribution in [0.1, 0.15) is 29.0 Å². The first-order valence-corrected chi connectivity index (χ1v) is 11.4. The minimum atomic E-state index is -0.0109. The molecule has 2 aromatic heterocycles. The number of thiophene rings is 1. The van der Waals surface area contributed by atoms with Crippen LogP contribution in [0.4, 0.5) is 5.13 Å². The van der Waals surface area contributed by atoms with Crippen LogP contribution in [-0.4, -0.2) is 28.4 Å². The second-order valence-corrected chi connectivity index (χ2v) is 9.30. The Hall–Kier alpha value is -1.90.